The Bertz CT molecular complexity index is 621. The lowest BCUT2D eigenvalue weighted by atomic mass is 10.0. The zero-order valence-corrected chi connectivity index (χ0v) is 16.1. The molecule has 2 N–H and O–H groups in total. The fourth-order valence-electron chi connectivity index (χ4n) is 2.52. The molecule has 0 spiro atoms. The van der Waals surface area contributed by atoms with Gasteiger partial charge in [0.2, 0.25) is 5.75 Å². The van der Waals surface area contributed by atoms with Gasteiger partial charge in [-0.2, -0.15) is 0 Å². The second-order valence-corrected chi connectivity index (χ2v) is 6.22. The number of methoxy groups -OCH3 is 2. The van der Waals surface area contributed by atoms with Crippen molar-refractivity contribution < 1.29 is 24.4 Å². The molecule has 0 radical (unpaired) electrons. The van der Waals surface area contributed by atoms with Gasteiger partial charge >= 0.3 is 0 Å². The highest BCUT2D eigenvalue weighted by molar-refractivity contribution is 5.62. The summed E-state index contributed by atoms with van der Waals surface area (Å²) in [5, 5.41) is 18.9. The van der Waals surface area contributed by atoms with Crippen molar-refractivity contribution >= 4 is 6.08 Å². The van der Waals surface area contributed by atoms with E-state index in [9.17, 15) is 5.11 Å². The Hall–Kier alpha value is -2.24. The van der Waals surface area contributed by atoms with Gasteiger partial charge in [-0.15, -0.1) is 6.58 Å². The van der Waals surface area contributed by atoms with E-state index < -0.39 is 6.10 Å². The molecule has 1 rings (SSSR count). The summed E-state index contributed by atoms with van der Waals surface area (Å²) in [5.74, 6) is 1.62. The molecule has 0 aliphatic carbocycles. The topological polar surface area (TPSA) is 68.2 Å². The van der Waals surface area contributed by atoms with Gasteiger partial charge in [-0.1, -0.05) is 23.3 Å². The van der Waals surface area contributed by atoms with Crippen molar-refractivity contribution in [1.29, 1.82) is 0 Å². The van der Waals surface area contributed by atoms with Crippen LogP contribution in [-0.4, -0.2) is 43.8 Å². The Kier molecular flexibility index (Phi) is 9.55. The average Bonchev–Trinajstić information content (AvgIpc) is 2.59. The maximum Gasteiger partial charge on any atom is 0.203 e. The molecule has 26 heavy (non-hydrogen) atoms. The summed E-state index contributed by atoms with van der Waals surface area (Å²) < 4.78 is 16.6. The molecule has 0 unspecified atom stereocenters. The van der Waals surface area contributed by atoms with Crippen LogP contribution >= 0.6 is 0 Å². The number of aliphatic hydroxyl groups excluding tert-OH is 2. The predicted molar refractivity (Wildman–Crippen MR) is 105 cm³/mol. The van der Waals surface area contributed by atoms with Crippen molar-refractivity contribution in [2.24, 2.45) is 0 Å². The van der Waals surface area contributed by atoms with Crippen LogP contribution in [0, 0.1) is 0 Å². The Morgan fingerprint density at radius 3 is 2.27 bits per heavy atom. The van der Waals surface area contributed by atoms with Crippen molar-refractivity contribution in [3.63, 3.8) is 0 Å². The third-order valence-corrected chi connectivity index (χ3v) is 3.70. The molecule has 1 atom stereocenters. The molecular formula is C21H30O5. The molecule has 0 saturated heterocycles. The molecule has 5 nitrogen and oxygen atoms in total. The van der Waals surface area contributed by atoms with Crippen molar-refractivity contribution in [1.82, 2.24) is 0 Å². The van der Waals surface area contributed by atoms with Crippen LogP contribution in [0.5, 0.6) is 17.2 Å². The van der Waals surface area contributed by atoms with Gasteiger partial charge in [0, 0.05) is 0 Å². The van der Waals surface area contributed by atoms with E-state index >= 15 is 0 Å². The monoisotopic (exact) mass is 362 g/mol. The van der Waals surface area contributed by atoms with Crippen LogP contribution in [0.1, 0.15) is 32.3 Å². The van der Waals surface area contributed by atoms with E-state index in [-0.39, 0.29) is 6.61 Å². The lowest BCUT2D eigenvalue weighted by Crippen LogP contribution is -2.08. The minimum absolute atomic E-state index is 0.0375. The van der Waals surface area contributed by atoms with E-state index in [1.807, 2.05) is 32.1 Å². The van der Waals surface area contributed by atoms with E-state index in [0.717, 1.165) is 16.7 Å². The highest BCUT2D eigenvalue weighted by Crippen LogP contribution is 2.39. The molecule has 5 heteroatoms. The lowest BCUT2D eigenvalue weighted by molar-refractivity contribution is 0.175. The van der Waals surface area contributed by atoms with Gasteiger partial charge in [0.15, 0.2) is 11.5 Å². The molecule has 1 aromatic rings. The summed E-state index contributed by atoms with van der Waals surface area (Å²) in [5.41, 5.74) is 2.85. The summed E-state index contributed by atoms with van der Waals surface area (Å²) >= 11 is 0. The number of benzene rings is 1. The molecule has 0 bridgehead atoms. The van der Waals surface area contributed by atoms with Crippen molar-refractivity contribution in [3.8, 4) is 17.2 Å². The highest BCUT2D eigenvalue weighted by Gasteiger charge is 2.13. The Morgan fingerprint density at radius 1 is 1.15 bits per heavy atom. The molecule has 0 aliphatic rings. The standard InChI is InChI=1S/C21H30O5/c1-15(2)11-18(23)12-16(3)8-10-26-21-19(24-4)13-17(7-6-9-22)14-20(21)25-5/h6-8,13-14,18,22-23H,1,9-12H2,2-5H3/b7-6+,16-8+/t18-/m1/s1. The SMILES string of the molecule is C=C(C)C[C@@H](O)C/C(C)=C/COc1c(OC)cc(/C=C/CO)cc1OC. The first-order chi connectivity index (χ1) is 12.4. The van der Waals surface area contributed by atoms with Crippen molar-refractivity contribution in [2.45, 2.75) is 32.8 Å². The minimum atomic E-state index is -0.426. The van der Waals surface area contributed by atoms with Gasteiger partial charge in [-0.3, -0.25) is 0 Å². The molecule has 144 valence electrons. The summed E-state index contributed by atoms with van der Waals surface area (Å²) in [6.07, 6.45) is 6.09. The van der Waals surface area contributed by atoms with Crippen LogP contribution < -0.4 is 14.2 Å². The van der Waals surface area contributed by atoms with Gasteiger partial charge in [0.05, 0.1) is 26.9 Å². The third-order valence-electron chi connectivity index (χ3n) is 3.70. The fraction of sp³-hybridized carbons (Fsp3) is 0.429. The third kappa shape index (κ3) is 7.33. The second kappa shape index (κ2) is 11.4. The van der Waals surface area contributed by atoms with Crippen molar-refractivity contribution in [2.75, 3.05) is 27.4 Å². The Morgan fingerprint density at radius 2 is 1.77 bits per heavy atom. The van der Waals surface area contributed by atoms with Crippen molar-refractivity contribution in [3.05, 3.63) is 47.6 Å². The summed E-state index contributed by atoms with van der Waals surface area (Å²) in [7, 11) is 3.13. The zero-order chi connectivity index (χ0) is 19.5. The quantitative estimate of drug-likeness (QED) is 0.587. The molecule has 0 aliphatic heterocycles. The first-order valence-electron chi connectivity index (χ1n) is 8.55. The van der Waals surface area contributed by atoms with Gasteiger partial charge in [0.1, 0.15) is 6.61 Å². The Labute approximate surface area is 156 Å². The predicted octanol–water partition coefficient (Wildman–Crippen LogP) is 3.75. The van der Waals surface area contributed by atoms with Gasteiger partial charge < -0.3 is 24.4 Å². The van der Waals surface area contributed by atoms with E-state index in [4.69, 9.17) is 19.3 Å². The van der Waals surface area contributed by atoms with Gasteiger partial charge in [-0.25, -0.2) is 0 Å². The number of hydrogen-bond donors (Lipinski definition) is 2. The summed E-state index contributed by atoms with van der Waals surface area (Å²) in [6.45, 7) is 7.98. The number of ether oxygens (including phenoxy) is 3. The summed E-state index contributed by atoms with van der Waals surface area (Å²) in [4.78, 5) is 0. The molecule has 0 fully saturated rings. The normalized spacial score (nSPS) is 12.9. The molecule has 0 heterocycles. The second-order valence-electron chi connectivity index (χ2n) is 6.22. The van der Waals surface area contributed by atoms with Crippen LogP contribution in [0.3, 0.4) is 0 Å². The molecule has 0 saturated carbocycles. The van der Waals surface area contributed by atoms with E-state index in [1.54, 1.807) is 26.4 Å². The summed E-state index contributed by atoms with van der Waals surface area (Å²) in [6, 6.07) is 3.63. The number of aliphatic hydroxyl groups is 2. The van der Waals surface area contributed by atoms with E-state index in [0.29, 0.717) is 36.7 Å². The fourth-order valence-corrected chi connectivity index (χ4v) is 2.52. The largest absolute Gasteiger partial charge is 0.493 e. The van der Waals surface area contributed by atoms with E-state index in [2.05, 4.69) is 6.58 Å². The zero-order valence-electron chi connectivity index (χ0n) is 16.1. The first-order valence-corrected chi connectivity index (χ1v) is 8.55. The first kappa shape index (κ1) is 21.8. The van der Waals surface area contributed by atoms with Crippen LogP contribution in [0.4, 0.5) is 0 Å². The highest BCUT2D eigenvalue weighted by atomic mass is 16.5. The smallest absolute Gasteiger partial charge is 0.203 e. The average molecular weight is 362 g/mol. The van der Waals surface area contributed by atoms with Crippen LogP contribution in [0.25, 0.3) is 6.08 Å². The molecule has 1 aromatic carbocycles. The molecule has 0 aromatic heterocycles. The van der Waals surface area contributed by atoms with Gasteiger partial charge in [0.25, 0.3) is 0 Å². The molecular weight excluding hydrogens is 332 g/mol. The number of hydrogen-bond acceptors (Lipinski definition) is 5. The van der Waals surface area contributed by atoms with Crippen LogP contribution in [-0.2, 0) is 0 Å². The van der Waals surface area contributed by atoms with E-state index in [1.165, 1.54) is 0 Å². The molecule has 0 amide bonds. The minimum Gasteiger partial charge on any atom is -0.493 e. The maximum atomic E-state index is 9.97. The van der Waals surface area contributed by atoms with Gasteiger partial charge in [-0.05, 0) is 50.5 Å². The lowest BCUT2D eigenvalue weighted by Gasteiger charge is -2.15. The van der Waals surface area contributed by atoms with Crippen LogP contribution in [0.2, 0.25) is 0 Å². The number of rotatable bonds is 11. The Balaban J connectivity index is 2.83. The van der Waals surface area contributed by atoms with Crippen LogP contribution in [0.15, 0.2) is 42.0 Å². The maximum absolute atomic E-state index is 9.97.